The molecule has 1 aromatic carbocycles. The van der Waals surface area contributed by atoms with Gasteiger partial charge in [0.2, 0.25) is 0 Å². The van der Waals surface area contributed by atoms with Gasteiger partial charge in [0.25, 0.3) is 0 Å². The highest BCUT2D eigenvalue weighted by molar-refractivity contribution is 5.36. The van der Waals surface area contributed by atoms with E-state index in [1.807, 2.05) is 13.8 Å². The van der Waals surface area contributed by atoms with Gasteiger partial charge in [-0.05, 0) is 41.2 Å². The number of benzene rings is 1. The number of hydrogen-bond acceptors (Lipinski definition) is 0. The van der Waals surface area contributed by atoms with Gasteiger partial charge in [-0.2, -0.15) is 0 Å². The van der Waals surface area contributed by atoms with Crippen molar-refractivity contribution in [3.05, 3.63) is 35.4 Å². The summed E-state index contributed by atoms with van der Waals surface area (Å²) >= 11 is 0. The molecule has 4 atom stereocenters. The number of rotatable bonds is 2. The molecule has 1 aromatic rings. The van der Waals surface area contributed by atoms with Crippen molar-refractivity contribution in [2.75, 3.05) is 0 Å². The molecule has 4 unspecified atom stereocenters. The van der Waals surface area contributed by atoms with Crippen molar-refractivity contribution < 1.29 is 0 Å². The first kappa shape index (κ1) is 15.3. The number of hydrogen-bond donors (Lipinski definition) is 0. The third kappa shape index (κ3) is 2.96. The molecule has 102 valence electrons. The zero-order valence-corrected chi connectivity index (χ0v) is 13.0. The van der Waals surface area contributed by atoms with Crippen LogP contribution in [0, 0.1) is 11.8 Å². The molecule has 0 saturated carbocycles. The minimum Gasteiger partial charge on any atom is -0.0683 e. The molecular weight excluding hydrogens is 216 g/mol. The van der Waals surface area contributed by atoms with Gasteiger partial charge in [-0.1, -0.05) is 72.2 Å². The molecule has 0 N–H and O–H groups in total. The Morgan fingerprint density at radius 3 is 2.22 bits per heavy atom. The lowest BCUT2D eigenvalue weighted by molar-refractivity contribution is 0.311. The van der Waals surface area contributed by atoms with E-state index in [2.05, 4.69) is 52.0 Å². The van der Waals surface area contributed by atoms with Crippen molar-refractivity contribution in [1.29, 1.82) is 0 Å². The fourth-order valence-corrected chi connectivity index (χ4v) is 3.12. The van der Waals surface area contributed by atoms with E-state index >= 15 is 0 Å². The van der Waals surface area contributed by atoms with Gasteiger partial charge in [-0.25, -0.2) is 0 Å². The smallest absolute Gasteiger partial charge is 0.0131 e. The second-order valence-electron chi connectivity index (χ2n) is 5.62. The summed E-state index contributed by atoms with van der Waals surface area (Å²) in [5.74, 6) is 3.16. The molecule has 0 heterocycles. The van der Waals surface area contributed by atoms with Crippen molar-refractivity contribution in [3.8, 4) is 0 Å². The SMILES string of the molecule is CC.CCC(C)C1CC(C)C(C)c2ccccc21. The van der Waals surface area contributed by atoms with Crippen LogP contribution in [-0.4, -0.2) is 0 Å². The first-order valence-corrected chi connectivity index (χ1v) is 7.74. The van der Waals surface area contributed by atoms with Crippen LogP contribution in [-0.2, 0) is 0 Å². The summed E-state index contributed by atoms with van der Waals surface area (Å²) in [6.07, 6.45) is 2.66. The maximum absolute atomic E-state index is 2.41. The third-order valence-corrected chi connectivity index (χ3v) is 4.70. The Morgan fingerprint density at radius 1 is 1.11 bits per heavy atom. The van der Waals surface area contributed by atoms with Gasteiger partial charge in [0.15, 0.2) is 0 Å². The van der Waals surface area contributed by atoms with E-state index in [0.717, 1.165) is 23.7 Å². The van der Waals surface area contributed by atoms with E-state index in [1.54, 1.807) is 11.1 Å². The number of fused-ring (bicyclic) bond motifs is 1. The summed E-state index contributed by atoms with van der Waals surface area (Å²) in [6.45, 7) is 13.5. The summed E-state index contributed by atoms with van der Waals surface area (Å²) in [7, 11) is 0. The normalized spacial score (nSPS) is 27.8. The van der Waals surface area contributed by atoms with Crippen molar-refractivity contribution >= 4 is 0 Å². The third-order valence-electron chi connectivity index (χ3n) is 4.70. The van der Waals surface area contributed by atoms with E-state index in [9.17, 15) is 0 Å². The molecule has 18 heavy (non-hydrogen) atoms. The van der Waals surface area contributed by atoms with Crippen molar-refractivity contribution in [1.82, 2.24) is 0 Å². The summed E-state index contributed by atoms with van der Waals surface area (Å²) in [5, 5.41) is 0. The maximum Gasteiger partial charge on any atom is -0.0131 e. The zero-order valence-electron chi connectivity index (χ0n) is 13.0. The van der Waals surface area contributed by atoms with Crippen LogP contribution in [0.25, 0.3) is 0 Å². The predicted octanol–water partition coefficient (Wildman–Crippen LogP) is 5.99. The summed E-state index contributed by atoms with van der Waals surface area (Å²) < 4.78 is 0. The fourth-order valence-electron chi connectivity index (χ4n) is 3.12. The molecule has 2 rings (SSSR count). The summed E-state index contributed by atoms with van der Waals surface area (Å²) in [4.78, 5) is 0. The first-order chi connectivity index (χ1) is 8.65. The second kappa shape index (κ2) is 6.97. The van der Waals surface area contributed by atoms with Crippen LogP contribution in [0.2, 0.25) is 0 Å². The van der Waals surface area contributed by atoms with Gasteiger partial charge < -0.3 is 0 Å². The Balaban J connectivity index is 0.000000771. The highest BCUT2D eigenvalue weighted by Gasteiger charge is 2.31. The topological polar surface area (TPSA) is 0 Å². The highest BCUT2D eigenvalue weighted by Crippen LogP contribution is 2.45. The predicted molar refractivity (Wildman–Crippen MR) is 82.2 cm³/mol. The average Bonchev–Trinajstić information content (AvgIpc) is 2.44. The molecule has 0 fully saturated rings. The lowest BCUT2D eigenvalue weighted by Crippen LogP contribution is -2.23. The van der Waals surface area contributed by atoms with Gasteiger partial charge in [0.05, 0.1) is 0 Å². The largest absolute Gasteiger partial charge is 0.0683 e. The molecule has 0 radical (unpaired) electrons. The van der Waals surface area contributed by atoms with E-state index in [1.165, 1.54) is 12.8 Å². The lowest BCUT2D eigenvalue weighted by atomic mass is 9.67. The minimum atomic E-state index is 0.733. The van der Waals surface area contributed by atoms with Gasteiger partial charge >= 0.3 is 0 Å². The Kier molecular flexibility index (Phi) is 5.91. The van der Waals surface area contributed by atoms with Gasteiger partial charge in [0.1, 0.15) is 0 Å². The van der Waals surface area contributed by atoms with E-state index < -0.39 is 0 Å². The lowest BCUT2D eigenvalue weighted by Gasteiger charge is -2.37. The Bertz CT molecular complexity index is 353. The fraction of sp³-hybridized carbons (Fsp3) is 0.667. The van der Waals surface area contributed by atoms with Crippen molar-refractivity contribution in [2.24, 2.45) is 11.8 Å². The first-order valence-electron chi connectivity index (χ1n) is 7.74. The van der Waals surface area contributed by atoms with Crippen LogP contribution in [0.3, 0.4) is 0 Å². The van der Waals surface area contributed by atoms with E-state index in [0.29, 0.717) is 0 Å². The molecule has 0 amide bonds. The van der Waals surface area contributed by atoms with Gasteiger partial charge in [-0.3, -0.25) is 0 Å². The van der Waals surface area contributed by atoms with Gasteiger partial charge in [-0.15, -0.1) is 0 Å². The Labute approximate surface area is 114 Å². The van der Waals surface area contributed by atoms with Crippen LogP contribution in [0.5, 0.6) is 0 Å². The molecule has 1 aliphatic rings. The molecule has 0 heteroatoms. The Morgan fingerprint density at radius 2 is 1.67 bits per heavy atom. The summed E-state index contributed by atoms with van der Waals surface area (Å²) in [6, 6.07) is 9.09. The molecule has 0 aromatic heterocycles. The minimum absolute atomic E-state index is 0.733. The average molecular weight is 246 g/mol. The molecule has 0 bridgehead atoms. The Hall–Kier alpha value is -0.780. The van der Waals surface area contributed by atoms with Crippen molar-refractivity contribution in [3.63, 3.8) is 0 Å². The van der Waals surface area contributed by atoms with E-state index in [-0.39, 0.29) is 0 Å². The molecule has 0 aliphatic heterocycles. The standard InChI is InChI=1S/C16H24.C2H6/c1-5-11(2)16-10-12(3)13(4)14-8-6-7-9-15(14)16;1-2/h6-9,11-13,16H,5,10H2,1-4H3;1-2H3. The molecule has 0 saturated heterocycles. The molecule has 1 aliphatic carbocycles. The van der Waals surface area contributed by atoms with Gasteiger partial charge in [0, 0.05) is 0 Å². The van der Waals surface area contributed by atoms with E-state index in [4.69, 9.17) is 0 Å². The molecular formula is C18H30. The second-order valence-corrected chi connectivity index (χ2v) is 5.62. The van der Waals surface area contributed by atoms with Crippen LogP contribution in [0.4, 0.5) is 0 Å². The monoisotopic (exact) mass is 246 g/mol. The molecule has 0 nitrogen and oxygen atoms in total. The van der Waals surface area contributed by atoms with Crippen LogP contribution < -0.4 is 0 Å². The van der Waals surface area contributed by atoms with Crippen LogP contribution in [0.15, 0.2) is 24.3 Å². The summed E-state index contributed by atoms with van der Waals surface area (Å²) in [5.41, 5.74) is 3.23. The zero-order chi connectivity index (χ0) is 13.7. The van der Waals surface area contributed by atoms with Crippen LogP contribution >= 0.6 is 0 Å². The molecule has 0 spiro atoms. The van der Waals surface area contributed by atoms with Crippen molar-refractivity contribution in [2.45, 2.75) is 66.2 Å². The quantitative estimate of drug-likeness (QED) is 0.601. The van der Waals surface area contributed by atoms with Crippen LogP contribution in [0.1, 0.15) is 77.3 Å². The highest BCUT2D eigenvalue weighted by atomic mass is 14.4. The maximum atomic E-state index is 2.41.